The van der Waals surface area contributed by atoms with E-state index in [4.69, 9.17) is 21.4 Å². The fourth-order valence-corrected chi connectivity index (χ4v) is 3.14. The third-order valence-electron chi connectivity index (χ3n) is 4.32. The molecule has 1 heterocycles. The van der Waals surface area contributed by atoms with Crippen molar-refractivity contribution in [2.45, 2.75) is 25.5 Å². The molecule has 2 atom stereocenters. The van der Waals surface area contributed by atoms with Crippen molar-refractivity contribution in [1.29, 1.82) is 0 Å². The smallest absolute Gasteiger partial charge is 0.318 e. The monoisotopic (exact) mass is 383 g/mol. The summed E-state index contributed by atoms with van der Waals surface area (Å²) in [4.78, 5) is 26.8. The molecule has 0 spiro atoms. The van der Waals surface area contributed by atoms with Crippen LogP contribution in [0, 0.1) is 0 Å². The number of nitrogens with one attached hydrogen (secondary N) is 1. The van der Waals surface area contributed by atoms with Crippen LogP contribution in [0.3, 0.4) is 0 Å². The number of hydrogen-bond donors (Lipinski definition) is 2. The molecule has 1 saturated heterocycles. The molecule has 8 heteroatoms. The Hall–Kier alpha value is -1.83. The molecule has 0 saturated carbocycles. The van der Waals surface area contributed by atoms with Crippen molar-refractivity contribution in [3.05, 3.63) is 34.9 Å². The average molecular weight is 384 g/mol. The van der Waals surface area contributed by atoms with E-state index in [1.54, 1.807) is 16.8 Å². The number of morpholine rings is 1. The second-order valence-electron chi connectivity index (χ2n) is 6.49. The lowest BCUT2D eigenvalue weighted by atomic mass is 10.0. The first-order valence-corrected chi connectivity index (χ1v) is 9.09. The lowest BCUT2D eigenvalue weighted by molar-refractivity contribution is -0.138. The van der Waals surface area contributed by atoms with E-state index in [-0.39, 0.29) is 24.7 Å². The second kappa shape index (κ2) is 9.75. The molecule has 2 N–H and O–H groups in total. The van der Waals surface area contributed by atoms with E-state index < -0.39 is 5.97 Å². The zero-order valence-electron chi connectivity index (χ0n) is 15.2. The van der Waals surface area contributed by atoms with Crippen molar-refractivity contribution in [1.82, 2.24) is 15.1 Å². The highest BCUT2D eigenvalue weighted by molar-refractivity contribution is 6.30. The molecule has 0 bridgehead atoms. The van der Waals surface area contributed by atoms with Gasteiger partial charge < -0.3 is 20.1 Å². The van der Waals surface area contributed by atoms with E-state index in [1.165, 1.54) is 0 Å². The molecule has 0 aliphatic carbocycles. The highest BCUT2D eigenvalue weighted by Crippen LogP contribution is 2.20. The van der Waals surface area contributed by atoms with E-state index in [9.17, 15) is 9.59 Å². The molecule has 1 aliphatic rings. The van der Waals surface area contributed by atoms with Crippen LogP contribution in [0.4, 0.5) is 4.79 Å². The Morgan fingerprint density at radius 3 is 2.73 bits per heavy atom. The summed E-state index contributed by atoms with van der Waals surface area (Å²) in [6, 6.07) is 7.24. The molecule has 144 valence electrons. The number of likely N-dealkylation sites (N-methyl/N-ethyl adjacent to an activating group) is 1. The number of ether oxygens (including phenoxy) is 1. The van der Waals surface area contributed by atoms with Gasteiger partial charge in [-0.05, 0) is 31.2 Å². The number of rotatable bonds is 7. The van der Waals surface area contributed by atoms with Crippen molar-refractivity contribution in [2.75, 3.05) is 39.8 Å². The van der Waals surface area contributed by atoms with Crippen molar-refractivity contribution in [2.24, 2.45) is 0 Å². The maximum Gasteiger partial charge on any atom is 0.318 e. The predicted molar refractivity (Wildman–Crippen MR) is 99.5 cm³/mol. The first kappa shape index (κ1) is 20.5. The Morgan fingerprint density at radius 2 is 2.12 bits per heavy atom. The highest BCUT2D eigenvalue weighted by atomic mass is 35.5. The Kier molecular flexibility index (Phi) is 7.68. The molecule has 2 amide bonds. The summed E-state index contributed by atoms with van der Waals surface area (Å²) in [5, 5.41) is 12.6. The maximum atomic E-state index is 12.6. The van der Waals surface area contributed by atoms with E-state index in [2.05, 4.69) is 5.32 Å². The molecule has 26 heavy (non-hydrogen) atoms. The summed E-state index contributed by atoms with van der Waals surface area (Å²) in [5.41, 5.74) is 1.01. The largest absolute Gasteiger partial charge is 0.480 e. The number of amides is 2. The normalized spacial score (nSPS) is 18.6. The van der Waals surface area contributed by atoms with Gasteiger partial charge in [-0.15, -0.1) is 0 Å². The van der Waals surface area contributed by atoms with Gasteiger partial charge in [-0.3, -0.25) is 9.69 Å². The summed E-state index contributed by atoms with van der Waals surface area (Å²) >= 11 is 5.93. The maximum absolute atomic E-state index is 12.6. The number of carbonyl (C=O) groups excluding carboxylic acids is 1. The minimum atomic E-state index is -0.883. The van der Waals surface area contributed by atoms with E-state index in [1.807, 2.05) is 31.2 Å². The number of hydrogen-bond acceptors (Lipinski definition) is 4. The molecular formula is C18H26ClN3O4. The summed E-state index contributed by atoms with van der Waals surface area (Å²) in [5.74, 6) is -0.883. The molecular weight excluding hydrogens is 358 g/mol. The summed E-state index contributed by atoms with van der Waals surface area (Å²) in [7, 11) is 1.73. The molecule has 1 aromatic rings. The van der Waals surface area contributed by atoms with Crippen LogP contribution in [0.2, 0.25) is 5.02 Å². The van der Waals surface area contributed by atoms with Gasteiger partial charge in [-0.25, -0.2) is 4.79 Å². The summed E-state index contributed by atoms with van der Waals surface area (Å²) in [6.07, 6.45) is 0.567. The molecule has 7 nitrogen and oxygen atoms in total. The lowest BCUT2D eigenvalue weighted by Crippen LogP contribution is -2.52. The standard InChI is InChI=1S/C18H26ClN3O4/c1-3-16(13-4-6-14(19)7-5-13)20-18(25)22-8-9-26-15(11-22)10-21(2)12-17(23)24/h4-7,15-16H,3,8-12H2,1-2H3,(H,20,25)(H,23,24). The van der Waals surface area contributed by atoms with Crippen LogP contribution in [0.5, 0.6) is 0 Å². The van der Waals surface area contributed by atoms with Gasteiger partial charge in [0, 0.05) is 24.7 Å². The number of aliphatic carboxylic acids is 1. The van der Waals surface area contributed by atoms with Crippen LogP contribution in [0.15, 0.2) is 24.3 Å². The molecule has 1 aromatic carbocycles. The van der Waals surface area contributed by atoms with Crippen LogP contribution < -0.4 is 5.32 Å². The van der Waals surface area contributed by atoms with E-state index >= 15 is 0 Å². The number of urea groups is 1. The van der Waals surface area contributed by atoms with Gasteiger partial charge in [0.2, 0.25) is 0 Å². The number of benzene rings is 1. The summed E-state index contributed by atoms with van der Waals surface area (Å²) < 4.78 is 5.67. The first-order chi connectivity index (χ1) is 12.4. The number of halogens is 1. The number of nitrogens with zero attached hydrogens (tertiary/aromatic N) is 2. The third-order valence-corrected chi connectivity index (χ3v) is 4.58. The van der Waals surface area contributed by atoms with Gasteiger partial charge in [-0.1, -0.05) is 30.7 Å². The second-order valence-corrected chi connectivity index (χ2v) is 6.93. The highest BCUT2D eigenvalue weighted by Gasteiger charge is 2.26. The van der Waals surface area contributed by atoms with Crippen LogP contribution >= 0.6 is 11.6 Å². The van der Waals surface area contributed by atoms with Crippen molar-refractivity contribution in [3.63, 3.8) is 0 Å². The topological polar surface area (TPSA) is 82.1 Å². The quantitative estimate of drug-likeness (QED) is 0.754. The zero-order valence-corrected chi connectivity index (χ0v) is 15.9. The number of carboxylic acids is 1. The van der Waals surface area contributed by atoms with Gasteiger partial charge in [0.05, 0.1) is 25.3 Å². The third kappa shape index (κ3) is 6.16. The first-order valence-electron chi connectivity index (χ1n) is 8.72. The van der Waals surface area contributed by atoms with E-state index in [0.29, 0.717) is 31.3 Å². The van der Waals surface area contributed by atoms with Crippen molar-refractivity contribution < 1.29 is 19.4 Å². The fourth-order valence-electron chi connectivity index (χ4n) is 3.01. The Bertz CT molecular complexity index is 611. The molecule has 0 aromatic heterocycles. The van der Waals surface area contributed by atoms with Gasteiger partial charge in [0.25, 0.3) is 0 Å². The van der Waals surface area contributed by atoms with Crippen molar-refractivity contribution >= 4 is 23.6 Å². The average Bonchev–Trinajstić information content (AvgIpc) is 2.59. The van der Waals surface area contributed by atoms with Crippen LogP contribution in [0.1, 0.15) is 24.9 Å². The predicted octanol–water partition coefficient (Wildman–Crippen LogP) is 2.22. The fraction of sp³-hybridized carbons (Fsp3) is 0.556. The zero-order chi connectivity index (χ0) is 19.1. The molecule has 1 aliphatic heterocycles. The van der Waals surface area contributed by atoms with Crippen molar-refractivity contribution in [3.8, 4) is 0 Å². The van der Waals surface area contributed by atoms with Crippen LogP contribution in [-0.2, 0) is 9.53 Å². The Labute approximate surface area is 158 Å². The Morgan fingerprint density at radius 1 is 1.42 bits per heavy atom. The van der Waals surface area contributed by atoms with Gasteiger partial charge in [0.15, 0.2) is 0 Å². The molecule has 2 rings (SSSR count). The van der Waals surface area contributed by atoms with Gasteiger partial charge >= 0.3 is 12.0 Å². The van der Waals surface area contributed by atoms with Gasteiger partial charge in [0.1, 0.15) is 0 Å². The molecule has 2 unspecified atom stereocenters. The lowest BCUT2D eigenvalue weighted by Gasteiger charge is -2.35. The minimum absolute atomic E-state index is 0.0550. The molecule has 1 fully saturated rings. The van der Waals surface area contributed by atoms with Gasteiger partial charge in [-0.2, -0.15) is 0 Å². The summed E-state index contributed by atoms with van der Waals surface area (Å²) in [6.45, 7) is 3.82. The molecule has 0 radical (unpaired) electrons. The van der Waals surface area contributed by atoms with E-state index in [0.717, 1.165) is 12.0 Å². The SMILES string of the molecule is CCC(NC(=O)N1CCOC(CN(C)CC(=O)O)C1)c1ccc(Cl)cc1. The number of carboxylic acid groups (broad SMARTS) is 1. The number of carbonyl (C=O) groups is 2. The van der Waals surface area contributed by atoms with Crippen LogP contribution in [-0.4, -0.2) is 72.8 Å². The minimum Gasteiger partial charge on any atom is -0.480 e. The van der Waals surface area contributed by atoms with Crippen LogP contribution in [0.25, 0.3) is 0 Å². The Balaban J connectivity index is 1.91.